The van der Waals surface area contributed by atoms with Crippen molar-refractivity contribution in [3.05, 3.63) is 65.2 Å². The summed E-state index contributed by atoms with van der Waals surface area (Å²) in [5.74, 6) is 0.317. The van der Waals surface area contributed by atoms with Crippen LogP contribution in [0.15, 0.2) is 48.5 Å². The van der Waals surface area contributed by atoms with Crippen molar-refractivity contribution in [2.75, 3.05) is 19.6 Å². The molecule has 2 aromatic carbocycles. The van der Waals surface area contributed by atoms with Gasteiger partial charge in [0.05, 0.1) is 5.60 Å². The maximum Gasteiger partial charge on any atom is 0.115 e. The lowest BCUT2D eigenvalue weighted by molar-refractivity contribution is -0.0203. The maximum atomic E-state index is 10.9. The predicted octanol–water partition coefficient (Wildman–Crippen LogP) is 3.31. The lowest BCUT2D eigenvalue weighted by atomic mass is 9.85. The third kappa shape index (κ3) is 4.59. The maximum absolute atomic E-state index is 10.9. The topological polar surface area (TPSA) is 43.7 Å². The number of phenols is 1. The van der Waals surface area contributed by atoms with Crippen molar-refractivity contribution in [2.24, 2.45) is 0 Å². The molecule has 0 aliphatic carbocycles. The van der Waals surface area contributed by atoms with Crippen LogP contribution in [0, 0.1) is 6.92 Å². The van der Waals surface area contributed by atoms with E-state index in [1.54, 1.807) is 12.1 Å². The fraction of sp³-hybridized carbons (Fsp3) is 0.429. The quantitative estimate of drug-likeness (QED) is 0.886. The summed E-state index contributed by atoms with van der Waals surface area (Å²) in [7, 11) is 0. The van der Waals surface area contributed by atoms with Gasteiger partial charge in [0, 0.05) is 26.1 Å². The van der Waals surface area contributed by atoms with Gasteiger partial charge in [-0.05, 0) is 49.4 Å². The zero-order valence-corrected chi connectivity index (χ0v) is 14.4. The normalized spacial score (nSPS) is 17.8. The standard InChI is InChI=1S/C21H27NO2/c1-17-2-4-19(5-3-17)16-21(24)11-14-22(15-12-21)13-10-18-6-8-20(23)9-7-18/h2-9,23-24H,10-16H2,1H3. The van der Waals surface area contributed by atoms with Crippen molar-refractivity contribution >= 4 is 0 Å². The van der Waals surface area contributed by atoms with Gasteiger partial charge in [0.15, 0.2) is 0 Å². The highest BCUT2D eigenvalue weighted by molar-refractivity contribution is 5.26. The summed E-state index contributed by atoms with van der Waals surface area (Å²) < 4.78 is 0. The molecule has 3 heteroatoms. The Labute approximate surface area is 144 Å². The van der Waals surface area contributed by atoms with Gasteiger partial charge in [-0.2, -0.15) is 0 Å². The average Bonchev–Trinajstić information content (AvgIpc) is 2.58. The van der Waals surface area contributed by atoms with E-state index in [0.717, 1.165) is 45.3 Å². The fourth-order valence-corrected chi connectivity index (χ4v) is 3.41. The molecule has 1 aliphatic rings. The van der Waals surface area contributed by atoms with E-state index in [0.29, 0.717) is 5.75 Å². The number of rotatable bonds is 5. The molecular formula is C21H27NO2. The predicted molar refractivity (Wildman–Crippen MR) is 97.3 cm³/mol. The summed E-state index contributed by atoms with van der Waals surface area (Å²) >= 11 is 0. The van der Waals surface area contributed by atoms with E-state index >= 15 is 0 Å². The number of piperidine rings is 1. The molecule has 0 spiro atoms. The molecule has 1 saturated heterocycles. The van der Waals surface area contributed by atoms with E-state index in [4.69, 9.17) is 0 Å². The zero-order chi connectivity index (χ0) is 17.0. The fourth-order valence-electron chi connectivity index (χ4n) is 3.41. The summed E-state index contributed by atoms with van der Waals surface area (Å²) in [6.07, 6.45) is 3.39. The highest BCUT2D eigenvalue weighted by atomic mass is 16.3. The Balaban J connectivity index is 1.47. The first-order valence-electron chi connectivity index (χ1n) is 8.81. The number of hydrogen-bond donors (Lipinski definition) is 2. The molecule has 0 amide bonds. The van der Waals surface area contributed by atoms with E-state index in [1.807, 2.05) is 12.1 Å². The monoisotopic (exact) mass is 325 g/mol. The first kappa shape index (κ1) is 17.0. The van der Waals surface area contributed by atoms with Crippen LogP contribution in [0.4, 0.5) is 0 Å². The third-order valence-electron chi connectivity index (χ3n) is 5.09. The Bertz CT molecular complexity index is 641. The van der Waals surface area contributed by atoms with Crippen LogP contribution in [-0.4, -0.2) is 40.3 Å². The van der Waals surface area contributed by atoms with Crippen LogP contribution in [0.2, 0.25) is 0 Å². The van der Waals surface area contributed by atoms with Gasteiger partial charge in [0.25, 0.3) is 0 Å². The Kier molecular flexibility index (Phi) is 5.22. The first-order chi connectivity index (χ1) is 11.5. The van der Waals surface area contributed by atoms with Crippen LogP contribution in [0.3, 0.4) is 0 Å². The second-order valence-electron chi connectivity index (χ2n) is 7.14. The lowest BCUT2D eigenvalue weighted by Crippen LogP contribution is -2.46. The molecule has 1 aliphatic heterocycles. The largest absolute Gasteiger partial charge is 0.508 e. The molecule has 24 heavy (non-hydrogen) atoms. The van der Waals surface area contributed by atoms with E-state index in [1.165, 1.54) is 16.7 Å². The van der Waals surface area contributed by atoms with Crippen molar-refractivity contribution in [1.29, 1.82) is 0 Å². The Morgan fingerprint density at radius 3 is 2.12 bits per heavy atom. The van der Waals surface area contributed by atoms with Crippen molar-refractivity contribution in [1.82, 2.24) is 4.90 Å². The van der Waals surface area contributed by atoms with Crippen molar-refractivity contribution in [3.8, 4) is 5.75 Å². The number of aliphatic hydroxyl groups is 1. The number of phenolic OH excluding ortho intramolecular Hbond substituents is 1. The minimum absolute atomic E-state index is 0.317. The summed E-state index contributed by atoms with van der Waals surface area (Å²) in [4.78, 5) is 2.43. The number of aromatic hydroxyl groups is 1. The van der Waals surface area contributed by atoms with Crippen molar-refractivity contribution < 1.29 is 10.2 Å². The summed E-state index contributed by atoms with van der Waals surface area (Å²) in [5, 5.41) is 20.2. The van der Waals surface area contributed by atoms with Gasteiger partial charge < -0.3 is 15.1 Å². The molecule has 1 heterocycles. The third-order valence-corrected chi connectivity index (χ3v) is 5.09. The molecule has 0 unspecified atom stereocenters. The molecule has 2 N–H and O–H groups in total. The van der Waals surface area contributed by atoms with Crippen LogP contribution >= 0.6 is 0 Å². The zero-order valence-electron chi connectivity index (χ0n) is 14.4. The highest BCUT2D eigenvalue weighted by Gasteiger charge is 2.32. The van der Waals surface area contributed by atoms with E-state index in [-0.39, 0.29) is 0 Å². The minimum Gasteiger partial charge on any atom is -0.508 e. The minimum atomic E-state index is -0.565. The number of hydrogen-bond acceptors (Lipinski definition) is 3. The molecule has 0 atom stereocenters. The van der Waals surface area contributed by atoms with Crippen LogP contribution in [0.5, 0.6) is 5.75 Å². The van der Waals surface area contributed by atoms with E-state index in [2.05, 4.69) is 36.1 Å². The smallest absolute Gasteiger partial charge is 0.115 e. The molecule has 0 radical (unpaired) electrons. The number of nitrogens with zero attached hydrogens (tertiary/aromatic N) is 1. The molecule has 0 bridgehead atoms. The van der Waals surface area contributed by atoms with Crippen molar-refractivity contribution in [3.63, 3.8) is 0 Å². The lowest BCUT2D eigenvalue weighted by Gasteiger charge is -2.38. The van der Waals surface area contributed by atoms with E-state index < -0.39 is 5.60 Å². The van der Waals surface area contributed by atoms with Crippen LogP contribution in [0.25, 0.3) is 0 Å². The highest BCUT2D eigenvalue weighted by Crippen LogP contribution is 2.26. The number of likely N-dealkylation sites (tertiary alicyclic amines) is 1. The Morgan fingerprint density at radius 1 is 0.917 bits per heavy atom. The van der Waals surface area contributed by atoms with Gasteiger partial charge >= 0.3 is 0 Å². The molecule has 128 valence electrons. The molecule has 1 fully saturated rings. The Hall–Kier alpha value is -1.84. The average molecular weight is 325 g/mol. The van der Waals surface area contributed by atoms with Crippen LogP contribution < -0.4 is 0 Å². The first-order valence-corrected chi connectivity index (χ1v) is 8.81. The summed E-state index contributed by atoms with van der Waals surface area (Å²) in [6, 6.07) is 15.9. The van der Waals surface area contributed by atoms with Gasteiger partial charge in [-0.25, -0.2) is 0 Å². The molecule has 0 saturated carbocycles. The summed E-state index contributed by atoms with van der Waals surface area (Å²) in [6.45, 7) is 4.98. The van der Waals surface area contributed by atoms with Crippen molar-refractivity contribution in [2.45, 2.75) is 38.2 Å². The van der Waals surface area contributed by atoms with Crippen LogP contribution in [0.1, 0.15) is 29.5 Å². The molecular weight excluding hydrogens is 298 g/mol. The SMILES string of the molecule is Cc1ccc(CC2(O)CCN(CCc3ccc(O)cc3)CC2)cc1. The number of benzene rings is 2. The second-order valence-corrected chi connectivity index (χ2v) is 7.14. The van der Waals surface area contributed by atoms with Gasteiger partial charge in [-0.1, -0.05) is 42.0 Å². The van der Waals surface area contributed by atoms with E-state index in [9.17, 15) is 10.2 Å². The molecule has 0 aromatic heterocycles. The second kappa shape index (κ2) is 7.37. The molecule has 3 nitrogen and oxygen atoms in total. The molecule has 3 rings (SSSR count). The van der Waals surface area contributed by atoms with Gasteiger partial charge in [-0.3, -0.25) is 0 Å². The number of aryl methyl sites for hydroxylation is 1. The van der Waals surface area contributed by atoms with Gasteiger partial charge in [0.2, 0.25) is 0 Å². The van der Waals surface area contributed by atoms with Gasteiger partial charge in [0.1, 0.15) is 5.75 Å². The molecule has 2 aromatic rings. The Morgan fingerprint density at radius 2 is 1.50 bits per heavy atom. The van der Waals surface area contributed by atoms with Crippen LogP contribution in [-0.2, 0) is 12.8 Å². The summed E-state index contributed by atoms with van der Waals surface area (Å²) in [5.41, 5.74) is 3.16. The van der Waals surface area contributed by atoms with Gasteiger partial charge in [-0.15, -0.1) is 0 Å².